The number of fused-ring (bicyclic) bond motifs is 3. The summed E-state index contributed by atoms with van der Waals surface area (Å²) in [7, 11) is 0. The smallest absolute Gasteiger partial charge is 0.780 e. The van der Waals surface area contributed by atoms with Crippen LogP contribution in [0.25, 0.3) is 11.0 Å². The van der Waals surface area contributed by atoms with Gasteiger partial charge in [-0.05, 0) is 25.3 Å². The van der Waals surface area contributed by atoms with Gasteiger partial charge in [0.1, 0.15) is 11.3 Å². The zero-order valence-corrected chi connectivity index (χ0v) is 11.7. The van der Waals surface area contributed by atoms with Gasteiger partial charge in [-0.1, -0.05) is 12.1 Å². The zero-order valence-electron chi connectivity index (χ0n) is 8.88. The van der Waals surface area contributed by atoms with Crippen LogP contribution in [-0.2, 0) is 25.5 Å². The fourth-order valence-electron chi connectivity index (χ4n) is 2.24. The molecule has 0 saturated heterocycles. The number of rotatable bonds is 0. The van der Waals surface area contributed by atoms with E-state index in [1.54, 1.807) is 0 Å². The minimum Gasteiger partial charge on any atom is -0.780 e. The number of benzene rings is 1. The third kappa shape index (κ3) is 1.96. The molecule has 0 saturated carbocycles. The molecule has 0 N–H and O–H groups in total. The molecule has 0 radical (unpaired) electrons. The fourth-order valence-corrected chi connectivity index (χ4v) is 2.42. The van der Waals surface area contributed by atoms with Crippen molar-refractivity contribution < 1.29 is 34.0 Å². The first-order valence-electron chi connectivity index (χ1n) is 5.06. The van der Waals surface area contributed by atoms with Crippen molar-refractivity contribution in [3.63, 3.8) is 0 Å². The molecule has 0 atom stereocenters. The number of hydrogen-bond donors (Lipinski definition) is 0. The van der Waals surface area contributed by atoms with E-state index in [1.807, 2.05) is 12.1 Å². The van der Waals surface area contributed by atoms with Gasteiger partial charge >= 0.3 is 29.6 Å². The molecule has 2 aromatic rings. The van der Waals surface area contributed by atoms with E-state index < -0.39 is 0 Å². The van der Waals surface area contributed by atoms with Crippen molar-refractivity contribution >= 4 is 23.6 Å². The van der Waals surface area contributed by atoms with E-state index in [2.05, 4.69) is 6.07 Å². The molecule has 1 aliphatic rings. The predicted octanol–water partition coefficient (Wildman–Crippen LogP) is 0.221. The summed E-state index contributed by atoms with van der Waals surface area (Å²) in [5, 5.41) is 1.27. The normalized spacial score (nSPS) is 14.7. The molecule has 3 rings (SSSR count). The Morgan fingerprint density at radius 1 is 1.13 bits per heavy atom. The third-order valence-electron chi connectivity index (χ3n) is 2.93. The Kier molecular flexibility index (Phi) is 3.41. The monoisotopic (exact) mass is 226 g/mol. The minimum atomic E-state index is 0. The molecular formula is C12H11NaOS. The molecule has 1 aromatic carbocycles. The maximum absolute atomic E-state index is 5.80. The van der Waals surface area contributed by atoms with Gasteiger partial charge in [0.2, 0.25) is 0 Å². The van der Waals surface area contributed by atoms with E-state index in [9.17, 15) is 0 Å². The first-order chi connectivity index (χ1) is 6.84. The summed E-state index contributed by atoms with van der Waals surface area (Å²) in [6.07, 6.45) is 4.81. The molecule has 72 valence electrons. The quantitative estimate of drug-likeness (QED) is 0.471. The van der Waals surface area contributed by atoms with E-state index in [4.69, 9.17) is 17.0 Å². The van der Waals surface area contributed by atoms with Crippen LogP contribution >= 0.6 is 0 Å². The van der Waals surface area contributed by atoms with Gasteiger partial charge in [-0.15, -0.1) is 0 Å². The maximum atomic E-state index is 5.80. The van der Waals surface area contributed by atoms with Crippen LogP contribution in [0.2, 0.25) is 0 Å². The van der Waals surface area contributed by atoms with Crippen molar-refractivity contribution in [1.82, 2.24) is 0 Å². The van der Waals surface area contributed by atoms with Crippen molar-refractivity contribution in [3.05, 3.63) is 29.5 Å². The van der Waals surface area contributed by atoms with Gasteiger partial charge in [-0.3, -0.25) is 0 Å². The van der Waals surface area contributed by atoms with E-state index in [-0.39, 0.29) is 29.6 Å². The topological polar surface area (TPSA) is 13.1 Å². The summed E-state index contributed by atoms with van der Waals surface area (Å²) < 4.78 is 5.80. The molecule has 1 aliphatic carbocycles. The Morgan fingerprint density at radius 3 is 2.80 bits per heavy atom. The Hall–Kier alpha value is -0.0200. The average molecular weight is 226 g/mol. The summed E-state index contributed by atoms with van der Waals surface area (Å²) in [6, 6.07) is 6.05. The molecule has 0 unspecified atom stereocenters. The first-order valence-corrected chi connectivity index (χ1v) is 5.47. The maximum Gasteiger partial charge on any atom is 1.00 e. The molecule has 3 heteroatoms. The first kappa shape index (κ1) is 11.5. The molecular weight excluding hydrogens is 215 g/mol. The summed E-state index contributed by atoms with van der Waals surface area (Å²) in [5.74, 6) is 1.19. The van der Waals surface area contributed by atoms with E-state index in [0.29, 0.717) is 0 Å². The summed E-state index contributed by atoms with van der Waals surface area (Å²) in [6.45, 7) is 0. The second kappa shape index (κ2) is 4.46. The summed E-state index contributed by atoms with van der Waals surface area (Å²) in [5.41, 5.74) is 2.39. The van der Waals surface area contributed by atoms with Gasteiger partial charge in [0, 0.05) is 17.4 Å². The molecule has 1 nitrogen and oxygen atoms in total. The van der Waals surface area contributed by atoms with E-state index in [0.717, 1.165) is 16.9 Å². The fraction of sp³-hybridized carbons (Fsp3) is 0.333. The van der Waals surface area contributed by atoms with Crippen LogP contribution < -0.4 is 29.6 Å². The molecule has 15 heavy (non-hydrogen) atoms. The van der Waals surface area contributed by atoms with Crippen LogP contribution in [-0.4, -0.2) is 0 Å². The number of hydrogen-bond acceptors (Lipinski definition) is 2. The van der Waals surface area contributed by atoms with E-state index in [1.165, 1.54) is 36.0 Å². The minimum absolute atomic E-state index is 0. The number of aryl methyl sites for hydroxylation is 2. The van der Waals surface area contributed by atoms with Crippen LogP contribution in [0.1, 0.15) is 24.2 Å². The van der Waals surface area contributed by atoms with Gasteiger partial charge in [0.25, 0.3) is 0 Å². The van der Waals surface area contributed by atoms with Crippen molar-refractivity contribution in [2.45, 2.75) is 30.6 Å². The molecule has 1 aromatic heterocycles. The molecule has 0 aliphatic heterocycles. The van der Waals surface area contributed by atoms with Crippen molar-refractivity contribution in [1.29, 1.82) is 0 Å². The Morgan fingerprint density at radius 2 is 1.93 bits per heavy atom. The largest absolute Gasteiger partial charge is 1.00 e. The van der Waals surface area contributed by atoms with Gasteiger partial charge in [0.05, 0.1) is 0 Å². The third-order valence-corrected chi connectivity index (χ3v) is 3.18. The predicted molar refractivity (Wildman–Crippen MR) is 58.5 cm³/mol. The molecule has 0 fully saturated rings. The van der Waals surface area contributed by atoms with Crippen LogP contribution in [0.4, 0.5) is 0 Å². The molecule has 0 amide bonds. The molecule has 0 spiro atoms. The van der Waals surface area contributed by atoms with Gasteiger partial charge < -0.3 is 17.0 Å². The second-order valence-electron chi connectivity index (χ2n) is 3.87. The standard InChI is InChI=1S/C12H12OS.Na/c14-8-5-6-10-9-3-1-2-4-11(9)13-12(10)7-8;/h5-7,14H,1-4H2;/q;+1/p-1. The Labute approximate surface area is 117 Å². The van der Waals surface area contributed by atoms with Crippen molar-refractivity contribution in [3.8, 4) is 0 Å². The summed E-state index contributed by atoms with van der Waals surface area (Å²) in [4.78, 5) is 0.864. The van der Waals surface area contributed by atoms with Crippen LogP contribution in [0.15, 0.2) is 27.5 Å². The summed E-state index contributed by atoms with van der Waals surface area (Å²) >= 11 is 5.12. The van der Waals surface area contributed by atoms with Crippen LogP contribution in [0.5, 0.6) is 0 Å². The van der Waals surface area contributed by atoms with Gasteiger partial charge in [-0.2, -0.15) is 4.90 Å². The Bertz CT molecular complexity index is 490. The van der Waals surface area contributed by atoms with Crippen LogP contribution in [0.3, 0.4) is 0 Å². The van der Waals surface area contributed by atoms with Crippen LogP contribution in [0, 0.1) is 0 Å². The number of furan rings is 1. The van der Waals surface area contributed by atoms with Gasteiger partial charge in [-0.25, -0.2) is 0 Å². The second-order valence-corrected chi connectivity index (χ2v) is 4.34. The molecule has 1 heterocycles. The van der Waals surface area contributed by atoms with E-state index >= 15 is 0 Å². The SMILES string of the molecule is [Na+].[S-]c1ccc2c3c(oc2c1)CCCC3. The Balaban J connectivity index is 0.000000853. The average Bonchev–Trinajstić information content (AvgIpc) is 2.54. The molecule has 0 bridgehead atoms. The van der Waals surface area contributed by atoms with Crippen molar-refractivity contribution in [2.75, 3.05) is 0 Å². The van der Waals surface area contributed by atoms with Crippen molar-refractivity contribution in [2.24, 2.45) is 0 Å². The zero-order chi connectivity index (χ0) is 9.54. The van der Waals surface area contributed by atoms with Gasteiger partial charge in [0.15, 0.2) is 0 Å².